The molecule has 8 aromatic rings. The fraction of sp³-hybridized carbons (Fsp3) is 0.310. The van der Waals surface area contributed by atoms with E-state index in [-0.39, 0.29) is 39.7 Å². The van der Waals surface area contributed by atoms with Gasteiger partial charge in [-0.05, 0) is 134 Å². The summed E-state index contributed by atoms with van der Waals surface area (Å²) >= 11 is 1.36. The van der Waals surface area contributed by atoms with Gasteiger partial charge in [-0.1, -0.05) is 125 Å². The van der Waals surface area contributed by atoms with Crippen molar-refractivity contribution in [3.8, 4) is 44.9 Å². The number of furan rings is 2. The Balaban J connectivity index is 0.000000400. The molecule has 64 heavy (non-hydrogen) atoms. The normalized spacial score (nSPS) is 10.8. The first kappa shape index (κ1) is 56.5. The zero-order chi connectivity index (χ0) is 43.7. The van der Waals surface area contributed by atoms with Crippen LogP contribution >= 0.6 is 24.8 Å². The zero-order valence-electron chi connectivity index (χ0n) is 41.2. The van der Waals surface area contributed by atoms with Crippen molar-refractivity contribution in [2.45, 2.75) is 121 Å². The van der Waals surface area contributed by atoms with E-state index in [1.807, 2.05) is 26.0 Å². The van der Waals surface area contributed by atoms with E-state index in [2.05, 4.69) is 175 Å². The molecule has 6 aromatic carbocycles. The molecule has 6 heteroatoms. The van der Waals surface area contributed by atoms with Gasteiger partial charge in [-0.25, -0.2) is 0 Å². The standard InChI is InChI=1S/2C28H31O.2CH3.2ClH.Si.Zr/c2*1-16(2)21-11-22(17(3)4)13-25(12-21)28-20(7)18(5)10-23-14-24(15-26(23)28)27-9-8-19(6)29-27;;;;;;/h2*8-17H,1-7H3;2*1H3;2*1H;;/q4*-1;;;;. The Kier molecular flexibility index (Phi) is 20.9. The average Bonchev–Trinajstić information content (AvgIpc) is 4.03. The number of rotatable bonds is 8. The minimum absolute atomic E-state index is 0. The summed E-state index contributed by atoms with van der Waals surface area (Å²) in [7, 11) is 0. The summed E-state index contributed by atoms with van der Waals surface area (Å²) in [6.45, 7) is 34.2. The summed E-state index contributed by atoms with van der Waals surface area (Å²) in [5.74, 6) is 5.82. The molecule has 0 unspecified atom stereocenters. The fourth-order valence-corrected chi connectivity index (χ4v) is 8.39. The number of hydrogen-bond donors (Lipinski definition) is 0. The second-order valence-corrected chi connectivity index (χ2v) is 18.1. The first-order valence-electron chi connectivity index (χ1n) is 21.6. The molecule has 0 aliphatic carbocycles. The van der Waals surface area contributed by atoms with E-state index >= 15 is 0 Å². The number of fused-ring (bicyclic) bond motifs is 2. The molecule has 2 nitrogen and oxygen atoms in total. The van der Waals surface area contributed by atoms with Crippen molar-refractivity contribution in [3.63, 3.8) is 0 Å². The van der Waals surface area contributed by atoms with E-state index in [1.54, 1.807) is 0 Å². The van der Waals surface area contributed by atoms with Crippen LogP contribution in [0.4, 0.5) is 0 Å². The van der Waals surface area contributed by atoms with Gasteiger partial charge in [0.15, 0.2) is 0 Å². The maximum atomic E-state index is 5.91. The van der Waals surface area contributed by atoms with E-state index < -0.39 is 0 Å². The van der Waals surface area contributed by atoms with Gasteiger partial charge in [0, 0.05) is 0 Å². The van der Waals surface area contributed by atoms with E-state index in [4.69, 9.17) is 8.83 Å². The molecule has 0 amide bonds. The molecule has 0 saturated carbocycles. The molecule has 0 spiro atoms. The number of hydrogen-bond acceptors (Lipinski definition) is 2. The molecule has 0 fully saturated rings. The van der Waals surface area contributed by atoms with Gasteiger partial charge >= 0.3 is 30.2 Å². The van der Waals surface area contributed by atoms with Gasteiger partial charge in [0.2, 0.25) is 0 Å². The molecule has 0 saturated heterocycles. The molecule has 0 bridgehead atoms. The SMILES string of the molecule is Cc1ccc(-c2cc3c(-c4cc(C(C)C)cc(C(C)C)c4)c(C)c(C)cc3[cH-]2)o1.Cc1ccc(-c2cc3c(-c4cc(C(C)C)cc(C(C)C)c4)c(C)c(C)cc3[cH-]2)o1.Cl.Cl.[CH3-].[CH3-].[Si]=[Zr]. The van der Waals surface area contributed by atoms with Gasteiger partial charge in [-0.3, -0.25) is 0 Å². The average molecular weight is 989 g/mol. The van der Waals surface area contributed by atoms with Crippen LogP contribution in [0.3, 0.4) is 0 Å². The van der Waals surface area contributed by atoms with Gasteiger partial charge in [0.05, 0.1) is 23.0 Å². The Bertz CT molecular complexity index is 2540. The first-order valence-corrected chi connectivity index (χ1v) is 25.8. The Labute approximate surface area is 415 Å². The van der Waals surface area contributed by atoms with Crippen molar-refractivity contribution in [2.75, 3.05) is 0 Å². The molecule has 0 aliphatic rings. The van der Waals surface area contributed by atoms with E-state index in [0.29, 0.717) is 23.7 Å². The quantitative estimate of drug-likeness (QED) is 0.112. The third-order valence-electron chi connectivity index (χ3n) is 12.3. The van der Waals surface area contributed by atoms with Crippen molar-refractivity contribution >= 4 is 53.2 Å². The number of halogens is 2. The third-order valence-corrected chi connectivity index (χ3v) is 12.3. The second kappa shape index (κ2) is 23.7. The van der Waals surface area contributed by atoms with Gasteiger partial charge in [0.1, 0.15) is 0 Å². The predicted octanol–water partition coefficient (Wildman–Crippen LogP) is 18.7. The number of aryl methyl sites for hydroxylation is 4. The van der Waals surface area contributed by atoms with Crippen LogP contribution in [0.2, 0.25) is 0 Å². The third kappa shape index (κ3) is 12.0. The molecule has 340 valence electrons. The molecular formula is C58H70Cl2O2SiZr-4. The molecular weight excluding hydrogens is 919 g/mol. The maximum absolute atomic E-state index is 5.91. The number of benzene rings is 4. The van der Waals surface area contributed by atoms with Crippen molar-refractivity contribution in [3.05, 3.63) is 168 Å². The molecule has 8 rings (SSSR count). The monoisotopic (exact) mass is 986 g/mol. The molecule has 0 atom stereocenters. The Morgan fingerprint density at radius 2 is 0.734 bits per heavy atom. The topological polar surface area (TPSA) is 26.3 Å². The summed E-state index contributed by atoms with van der Waals surface area (Å²) in [6.07, 6.45) is 0. The van der Waals surface area contributed by atoms with Gasteiger partial charge < -0.3 is 23.7 Å². The first-order chi connectivity index (χ1) is 28.5. The predicted molar refractivity (Wildman–Crippen MR) is 283 cm³/mol. The van der Waals surface area contributed by atoms with E-state index in [0.717, 1.165) is 34.2 Å². The van der Waals surface area contributed by atoms with Crippen LogP contribution in [0.1, 0.15) is 135 Å². The molecule has 0 N–H and O–H groups in total. The summed E-state index contributed by atoms with van der Waals surface area (Å²) in [5.41, 5.74) is 18.7. The van der Waals surface area contributed by atoms with Crippen LogP contribution < -0.4 is 0 Å². The van der Waals surface area contributed by atoms with Gasteiger partial charge in [-0.15, -0.1) is 82.8 Å². The van der Waals surface area contributed by atoms with Crippen LogP contribution in [-0.4, -0.2) is 6.88 Å². The summed E-state index contributed by atoms with van der Waals surface area (Å²) in [4.78, 5) is 0. The van der Waals surface area contributed by atoms with Crippen molar-refractivity contribution < 1.29 is 32.2 Å². The van der Waals surface area contributed by atoms with Crippen LogP contribution in [-0.2, 0) is 23.3 Å². The molecule has 0 aliphatic heterocycles. The van der Waals surface area contributed by atoms with Crippen molar-refractivity contribution in [1.29, 1.82) is 0 Å². The fourth-order valence-electron chi connectivity index (χ4n) is 8.39. The Morgan fingerprint density at radius 3 is 0.984 bits per heavy atom. The summed E-state index contributed by atoms with van der Waals surface area (Å²) < 4.78 is 11.8. The summed E-state index contributed by atoms with van der Waals surface area (Å²) in [5, 5.41) is 5.20. The molecule has 2 aromatic heterocycles. The second-order valence-electron chi connectivity index (χ2n) is 18.1. The molecule has 2 radical (unpaired) electrons. The van der Waals surface area contributed by atoms with Gasteiger partial charge in [-0.2, -0.15) is 0 Å². The van der Waals surface area contributed by atoms with E-state index in [9.17, 15) is 0 Å². The van der Waals surface area contributed by atoms with Crippen molar-refractivity contribution in [2.24, 2.45) is 0 Å². The molecule has 2 heterocycles. The summed E-state index contributed by atoms with van der Waals surface area (Å²) in [6, 6.07) is 36.3. The van der Waals surface area contributed by atoms with Crippen LogP contribution in [0.5, 0.6) is 0 Å². The van der Waals surface area contributed by atoms with Crippen LogP contribution in [0, 0.1) is 56.4 Å². The Morgan fingerprint density at radius 1 is 0.438 bits per heavy atom. The minimum atomic E-state index is 0. The van der Waals surface area contributed by atoms with Crippen LogP contribution in [0.25, 0.3) is 66.4 Å². The zero-order valence-corrected chi connectivity index (χ0v) is 46.3. The van der Waals surface area contributed by atoms with Gasteiger partial charge in [0.25, 0.3) is 0 Å². The Hall–Kier alpha value is -3.66. The van der Waals surface area contributed by atoms with Crippen molar-refractivity contribution in [1.82, 2.24) is 0 Å². The van der Waals surface area contributed by atoms with E-state index in [1.165, 1.54) is 112 Å². The van der Waals surface area contributed by atoms with Crippen LogP contribution in [0.15, 0.2) is 106 Å².